The van der Waals surface area contributed by atoms with Gasteiger partial charge in [-0.15, -0.1) is 0 Å². The third-order valence-corrected chi connectivity index (χ3v) is 2.53. The van der Waals surface area contributed by atoms with Crippen molar-refractivity contribution < 1.29 is 14.3 Å². The molecule has 3 heterocycles. The monoisotopic (exact) mass is 244 g/mol. The molecule has 0 aliphatic rings. The molecule has 0 amide bonds. The van der Waals surface area contributed by atoms with E-state index in [0.717, 1.165) is 0 Å². The first kappa shape index (κ1) is 10.5. The van der Waals surface area contributed by atoms with Crippen LogP contribution in [0.25, 0.3) is 17.2 Å². The summed E-state index contributed by atoms with van der Waals surface area (Å²) in [4.78, 5) is 23.0. The van der Waals surface area contributed by atoms with E-state index in [1.807, 2.05) is 0 Å². The maximum atomic E-state index is 10.9. The Morgan fingerprint density at radius 3 is 3.00 bits per heavy atom. The van der Waals surface area contributed by atoms with E-state index in [4.69, 9.17) is 9.52 Å². The predicted molar refractivity (Wildman–Crippen MR) is 60.2 cm³/mol. The van der Waals surface area contributed by atoms with Gasteiger partial charge in [-0.3, -0.25) is 9.38 Å². The van der Waals surface area contributed by atoms with Crippen LogP contribution in [0.1, 0.15) is 16.2 Å². The molecule has 0 radical (unpaired) electrons. The number of aromatic carboxylic acids is 1. The molecule has 0 bridgehead atoms. The van der Waals surface area contributed by atoms with E-state index in [1.54, 1.807) is 17.5 Å². The van der Waals surface area contributed by atoms with Gasteiger partial charge < -0.3 is 9.52 Å². The maximum absolute atomic E-state index is 10.9. The Kier molecular flexibility index (Phi) is 2.12. The molecule has 3 aromatic rings. The van der Waals surface area contributed by atoms with E-state index in [0.29, 0.717) is 22.9 Å². The van der Waals surface area contributed by atoms with Crippen molar-refractivity contribution in [3.8, 4) is 11.4 Å². The number of hydrogen-bond donors (Lipinski definition) is 1. The number of nitrogens with zero attached hydrogens (tertiary/aromatic N) is 4. The number of rotatable bonds is 2. The number of fused-ring (bicyclic) bond motifs is 1. The molecule has 0 saturated heterocycles. The second-order valence-corrected chi connectivity index (χ2v) is 3.70. The van der Waals surface area contributed by atoms with Crippen LogP contribution in [-0.2, 0) is 0 Å². The molecular formula is C11H8N4O3. The molecule has 0 aliphatic heterocycles. The van der Waals surface area contributed by atoms with Gasteiger partial charge in [-0.25, -0.2) is 9.78 Å². The Morgan fingerprint density at radius 2 is 2.22 bits per heavy atom. The summed E-state index contributed by atoms with van der Waals surface area (Å²) in [6, 6.07) is 0. The summed E-state index contributed by atoms with van der Waals surface area (Å²) in [5.74, 6) is -0.681. The molecule has 0 spiro atoms. The van der Waals surface area contributed by atoms with Crippen LogP contribution < -0.4 is 0 Å². The number of imidazole rings is 1. The minimum Gasteiger partial charge on any atom is -0.476 e. The van der Waals surface area contributed by atoms with E-state index in [-0.39, 0.29) is 5.69 Å². The van der Waals surface area contributed by atoms with Gasteiger partial charge in [0, 0.05) is 6.20 Å². The smallest absolute Gasteiger partial charge is 0.356 e. The molecule has 3 aromatic heterocycles. The van der Waals surface area contributed by atoms with Crippen molar-refractivity contribution in [3.05, 3.63) is 36.2 Å². The van der Waals surface area contributed by atoms with Gasteiger partial charge in [0.05, 0.1) is 23.8 Å². The van der Waals surface area contributed by atoms with Gasteiger partial charge in [-0.2, -0.15) is 4.98 Å². The third-order valence-electron chi connectivity index (χ3n) is 2.53. The van der Waals surface area contributed by atoms with Crippen LogP contribution in [0.3, 0.4) is 0 Å². The van der Waals surface area contributed by atoms with Crippen LogP contribution in [0.2, 0.25) is 0 Å². The first-order chi connectivity index (χ1) is 8.66. The van der Waals surface area contributed by atoms with Crippen molar-refractivity contribution in [1.29, 1.82) is 0 Å². The number of oxazole rings is 1. The standard InChI is InChI=1S/C11H8N4O3/c1-6-9(15-2-3-18-11(15)13-6)7-4-12-5-8(14-7)10(16)17/h2-5H,1H3,(H,16,17). The van der Waals surface area contributed by atoms with Gasteiger partial charge in [0.2, 0.25) is 0 Å². The summed E-state index contributed by atoms with van der Waals surface area (Å²) in [6.07, 6.45) is 5.89. The van der Waals surface area contributed by atoms with Crippen LogP contribution in [0.4, 0.5) is 0 Å². The Bertz CT molecular complexity index is 744. The normalized spacial score (nSPS) is 10.9. The lowest BCUT2D eigenvalue weighted by Crippen LogP contribution is -2.03. The Morgan fingerprint density at radius 1 is 1.39 bits per heavy atom. The minimum absolute atomic E-state index is 0.106. The van der Waals surface area contributed by atoms with Gasteiger partial charge in [-0.1, -0.05) is 0 Å². The van der Waals surface area contributed by atoms with Crippen molar-refractivity contribution in [2.75, 3.05) is 0 Å². The van der Waals surface area contributed by atoms with Crippen molar-refractivity contribution >= 4 is 11.8 Å². The zero-order valence-electron chi connectivity index (χ0n) is 9.36. The zero-order valence-corrected chi connectivity index (χ0v) is 9.36. The molecule has 7 nitrogen and oxygen atoms in total. The zero-order chi connectivity index (χ0) is 12.7. The highest BCUT2D eigenvalue weighted by Gasteiger charge is 2.16. The molecule has 0 unspecified atom stereocenters. The summed E-state index contributed by atoms with van der Waals surface area (Å²) in [5.41, 5.74) is 1.71. The number of hydrogen-bond acceptors (Lipinski definition) is 5. The van der Waals surface area contributed by atoms with Crippen LogP contribution in [0.5, 0.6) is 0 Å². The predicted octanol–water partition coefficient (Wildman–Crippen LogP) is 1.39. The Balaban J connectivity index is 2.25. The highest BCUT2D eigenvalue weighted by Crippen LogP contribution is 2.22. The van der Waals surface area contributed by atoms with Crippen molar-refractivity contribution in [2.24, 2.45) is 0 Å². The fourth-order valence-corrected chi connectivity index (χ4v) is 1.79. The average Bonchev–Trinajstić information content (AvgIpc) is 2.88. The number of carbonyl (C=O) groups is 1. The lowest BCUT2D eigenvalue weighted by Gasteiger charge is -2.00. The average molecular weight is 244 g/mol. The SMILES string of the molecule is Cc1nc2occn2c1-c1cncc(C(=O)O)n1. The second-order valence-electron chi connectivity index (χ2n) is 3.70. The van der Waals surface area contributed by atoms with Crippen LogP contribution in [0.15, 0.2) is 29.3 Å². The van der Waals surface area contributed by atoms with E-state index in [1.165, 1.54) is 18.7 Å². The topological polar surface area (TPSA) is 93.5 Å². The molecule has 0 fully saturated rings. The molecule has 0 aromatic carbocycles. The lowest BCUT2D eigenvalue weighted by molar-refractivity contribution is 0.0690. The van der Waals surface area contributed by atoms with Crippen LogP contribution >= 0.6 is 0 Å². The molecule has 18 heavy (non-hydrogen) atoms. The molecule has 0 saturated carbocycles. The number of aryl methyl sites for hydroxylation is 1. The van der Waals surface area contributed by atoms with Crippen molar-refractivity contribution in [2.45, 2.75) is 6.92 Å². The Hall–Kier alpha value is -2.70. The first-order valence-electron chi connectivity index (χ1n) is 5.14. The van der Waals surface area contributed by atoms with Crippen molar-refractivity contribution in [3.63, 3.8) is 0 Å². The number of carboxylic acids is 1. The van der Waals surface area contributed by atoms with Gasteiger partial charge in [0.15, 0.2) is 5.69 Å². The number of carboxylic acid groups (broad SMARTS) is 1. The van der Waals surface area contributed by atoms with E-state index in [9.17, 15) is 4.79 Å². The van der Waals surface area contributed by atoms with E-state index < -0.39 is 5.97 Å². The highest BCUT2D eigenvalue weighted by molar-refractivity contribution is 5.85. The fraction of sp³-hybridized carbons (Fsp3) is 0.0909. The number of aromatic nitrogens is 4. The minimum atomic E-state index is -1.12. The largest absolute Gasteiger partial charge is 0.476 e. The van der Waals surface area contributed by atoms with Crippen LogP contribution in [0, 0.1) is 6.92 Å². The quantitative estimate of drug-likeness (QED) is 0.732. The fourth-order valence-electron chi connectivity index (χ4n) is 1.79. The van der Waals surface area contributed by atoms with Crippen LogP contribution in [-0.4, -0.2) is 30.4 Å². The first-order valence-corrected chi connectivity index (χ1v) is 5.14. The molecule has 90 valence electrons. The second kappa shape index (κ2) is 3.66. The third kappa shape index (κ3) is 1.45. The Labute approximate surface area is 101 Å². The van der Waals surface area contributed by atoms with E-state index in [2.05, 4.69) is 15.0 Å². The summed E-state index contributed by atoms with van der Waals surface area (Å²) in [7, 11) is 0. The van der Waals surface area contributed by atoms with Gasteiger partial charge in [0.1, 0.15) is 12.0 Å². The lowest BCUT2D eigenvalue weighted by atomic mass is 10.2. The van der Waals surface area contributed by atoms with E-state index >= 15 is 0 Å². The summed E-state index contributed by atoms with van der Waals surface area (Å²) < 4.78 is 6.87. The highest BCUT2D eigenvalue weighted by atomic mass is 16.4. The van der Waals surface area contributed by atoms with Gasteiger partial charge in [0.25, 0.3) is 0 Å². The summed E-state index contributed by atoms with van der Waals surface area (Å²) >= 11 is 0. The molecule has 7 heteroatoms. The maximum Gasteiger partial charge on any atom is 0.356 e. The summed E-state index contributed by atoms with van der Waals surface area (Å²) in [6.45, 7) is 1.80. The van der Waals surface area contributed by atoms with Gasteiger partial charge in [-0.05, 0) is 6.92 Å². The molecule has 0 atom stereocenters. The molecule has 1 N–H and O–H groups in total. The van der Waals surface area contributed by atoms with Gasteiger partial charge >= 0.3 is 11.8 Å². The van der Waals surface area contributed by atoms with Crippen molar-refractivity contribution in [1.82, 2.24) is 19.4 Å². The summed E-state index contributed by atoms with van der Waals surface area (Å²) in [5, 5.41) is 8.91. The molecule has 0 aliphatic carbocycles. The molecular weight excluding hydrogens is 236 g/mol. The molecule has 3 rings (SSSR count).